The minimum atomic E-state index is -3.82. The molecule has 0 saturated heterocycles. The van der Waals surface area contributed by atoms with Crippen LogP contribution in [0.15, 0.2) is 48.6 Å². The Balaban J connectivity index is 1.29. The maximum Gasteiger partial charge on any atom is 0.264 e. The molecule has 9 heteroatoms. The lowest BCUT2D eigenvalue weighted by atomic mass is 9.68. The lowest BCUT2D eigenvalue weighted by Gasteiger charge is -2.45. The minimum Gasteiger partial charge on any atom is -0.490 e. The number of aryl methyl sites for hydroxylation is 1. The number of fused-ring (bicyclic) bond motifs is 5. The molecule has 2 bridgehead atoms. The standard InChI is InChI=1S/C32H37ClN2O5S/c33-24-9-11-26-21(15-24)4-2-14-32(26)18-35-17-23-6-10-25(23)28(36)5-1-3-20-8-13-30(20)41(38,39)34-31(37)22-7-12-29(40-19-32)27(35)16-22/h1,5,7,9,11-12,15-16,20,23,25,28,30,36H,2-4,6,8,10,13-14,17-19H2,(H,34,37)/b5-1-/t20-,23+,25-,28+,30-,32+/m1/s1. The fourth-order valence-corrected chi connectivity index (χ4v) is 9.75. The van der Waals surface area contributed by atoms with Gasteiger partial charge in [-0.2, -0.15) is 0 Å². The van der Waals surface area contributed by atoms with Gasteiger partial charge in [-0.1, -0.05) is 29.8 Å². The molecular weight excluding hydrogens is 560 g/mol. The van der Waals surface area contributed by atoms with Crippen molar-refractivity contribution in [1.29, 1.82) is 0 Å². The molecule has 5 aliphatic rings. The third-order valence-corrected chi connectivity index (χ3v) is 12.5. The van der Waals surface area contributed by atoms with E-state index in [4.69, 9.17) is 16.3 Å². The van der Waals surface area contributed by atoms with Gasteiger partial charge < -0.3 is 14.7 Å². The van der Waals surface area contributed by atoms with Gasteiger partial charge in [0.15, 0.2) is 0 Å². The van der Waals surface area contributed by atoms with Crippen LogP contribution in [-0.4, -0.2) is 50.5 Å². The van der Waals surface area contributed by atoms with E-state index in [1.54, 1.807) is 18.2 Å². The predicted molar refractivity (Wildman–Crippen MR) is 159 cm³/mol. The first-order valence-corrected chi connectivity index (χ1v) is 16.9. The maximum absolute atomic E-state index is 13.3. The lowest BCUT2D eigenvalue weighted by Crippen LogP contribution is -2.49. The first-order chi connectivity index (χ1) is 19.7. The topological polar surface area (TPSA) is 95.9 Å². The van der Waals surface area contributed by atoms with Gasteiger partial charge in [0.25, 0.3) is 5.91 Å². The second-order valence-corrected chi connectivity index (χ2v) is 15.1. The fourth-order valence-electron chi connectivity index (χ4n) is 7.83. The van der Waals surface area contributed by atoms with Crippen LogP contribution < -0.4 is 14.4 Å². The van der Waals surface area contributed by atoms with Crippen LogP contribution in [0.4, 0.5) is 5.69 Å². The number of anilines is 1. The van der Waals surface area contributed by atoms with Crippen molar-refractivity contribution in [2.45, 2.75) is 68.1 Å². The first kappa shape index (κ1) is 27.3. The summed E-state index contributed by atoms with van der Waals surface area (Å²) >= 11 is 6.38. The van der Waals surface area contributed by atoms with E-state index in [0.29, 0.717) is 43.2 Å². The van der Waals surface area contributed by atoms with Crippen LogP contribution in [-0.2, 0) is 21.9 Å². The Morgan fingerprint density at radius 3 is 2.71 bits per heavy atom. The van der Waals surface area contributed by atoms with Crippen molar-refractivity contribution < 1.29 is 23.1 Å². The van der Waals surface area contributed by atoms with E-state index in [2.05, 4.69) is 21.8 Å². The quantitative estimate of drug-likeness (QED) is 0.416. The van der Waals surface area contributed by atoms with Crippen LogP contribution in [0.25, 0.3) is 0 Å². The van der Waals surface area contributed by atoms with Crippen LogP contribution in [0.1, 0.15) is 66.4 Å². The van der Waals surface area contributed by atoms with Crippen LogP contribution in [0, 0.1) is 17.8 Å². The number of ether oxygens (including phenoxy) is 1. The van der Waals surface area contributed by atoms with Crippen LogP contribution >= 0.6 is 11.6 Å². The number of allylic oxidation sites excluding steroid dienone is 1. The zero-order valence-electron chi connectivity index (χ0n) is 23.1. The van der Waals surface area contributed by atoms with Crippen molar-refractivity contribution in [3.63, 3.8) is 0 Å². The van der Waals surface area contributed by atoms with Gasteiger partial charge in [0.05, 0.1) is 23.6 Å². The zero-order valence-corrected chi connectivity index (χ0v) is 24.7. The Morgan fingerprint density at radius 1 is 1.07 bits per heavy atom. The monoisotopic (exact) mass is 596 g/mol. The highest BCUT2D eigenvalue weighted by Gasteiger charge is 2.45. The van der Waals surface area contributed by atoms with Crippen molar-refractivity contribution in [1.82, 2.24) is 4.72 Å². The molecule has 6 atom stereocenters. The Bertz CT molecular complexity index is 1510. The maximum atomic E-state index is 13.3. The molecule has 1 amide bonds. The SMILES string of the molecule is O=C1NS(=O)(=O)[C@@H]2CC[C@H]2C/C=C\[C@H](O)[C@@H]2CC[C@H]2CN2C[C@@]3(CCCc4cc(Cl)ccc43)COc3ccc1cc32. The third kappa shape index (κ3) is 4.86. The largest absolute Gasteiger partial charge is 0.490 e. The summed E-state index contributed by atoms with van der Waals surface area (Å²) in [6.07, 6.45) is 10.2. The number of sulfonamides is 1. The highest BCUT2D eigenvalue weighted by Crippen LogP contribution is 2.47. The summed E-state index contributed by atoms with van der Waals surface area (Å²) in [5.74, 6) is 0.489. The molecule has 2 N–H and O–H groups in total. The molecule has 7 nitrogen and oxygen atoms in total. The Labute approximate surface area is 247 Å². The van der Waals surface area contributed by atoms with E-state index < -0.39 is 27.3 Å². The van der Waals surface area contributed by atoms with Crippen molar-refractivity contribution in [3.8, 4) is 5.75 Å². The Hall–Kier alpha value is -2.55. The molecule has 2 fully saturated rings. The smallest absolute Gasteiger partial charge is 0.264 e. The highest BCUT2D eigenvalue weighted by molar-refractivity contribution is 7.90. The number of carbonyl (C=O) groups excluding carboxylic acids is 1. The molecule has 2 saturated carbocycles. The highest BCUT2D eigenvalue weighted by atomic mass is 35.5. The number of halogens is 1. The Kier molecular flexibility index (Phi) is 6.87. The summed E-state index contributed by atoms with van der Waals surface area (Å²) in [5.41, 5.74) is 3.38. The van der Waals surface area contributed by atoms with Gasteiger partial charge in [-0.05, 0) is 111 Å². The van der Waals surface area contributed by atoms with Crippen LogP contribution in [0.3, 0.4) is 0 Å². The van der Waals surface area contributed by atoms with Gasteiger partial charge in [-0.3, -0.25) is 4.79 Å². The van der Waals surface area contributed by atoms with Gasteiger partial charge in [-0.15, -0.1) is 0 Å². The normalized spacial score (nSPS) is 34.8. The van der Waals surface area contributed by atoms with Crippen LogP contribution in [0.5, 0.6) is 5.75 Å². The summed E-state index contributed by atoms with van der Waals surface area (Å²) in [6.45, 7) is 1.94. The van der Waals surface area contributed by atoms with Gasteiger partial charge in [0.2, 0.25) is 10.0 Å². The molecule has 3 aliphatic carbocycles. The van der Waals surface area contributed by atoms with E-state index in [-0.39, 0.29) is 17.3 Å². The van der Waals surface area contributed by atoms with Gasteiger partial charge in [-0.25, -0.2) is 13.1 Å². The molecule has 1 spiro atoms. The molecule has 2 aromatic rings. The number of carbonyl (C=O) groups is 1. The van der Waals surface area contributed by atoms with Gasteiger partial charge in [0.1, 0.15) is 5.75 Å². The van der Waals surface area contributed by atoms with Gasteiger partial charge in [0, 0.05) is 29.1 Å². The van der Waals surface area contributed by atoms with Crippen molar-refractivity contribution in [2.24, 2.45) is 17.8 Å². The number of nitrogens with zero attached hydrogens (tertiary/aromatic N) is 1. The summed E-state index contributed by atoms with van der Waals surface area (Å²) in [5, 5.41) is 11.3. The number of benzene rings is 2. The average molecular weight is 597 g/mol. The Morgan fingerprint density at radius 2 is 1.93 bits per heavy atom. The number of nitrogens with one attached hydrogen (secondary N) is 1. The molecule has 2 aliphatic heterocycles. The molecule has 0 radical (unpaired) electrons. The van der Waals surface area contributed by atoms with Crippen LogP contribution in [0.2, 0.25) is 5.02 Å². The van der Waals surface area contributed by atoms with E-state index >= 15 is 0 Å². The number of rotatable bonds is 0. The average Bonchev–Trinajstić information content (AvgIpc) is 3.04. The van der Waals surface area contributed by atoms with E-state index in [0.717, 1.165) is 55.8 Å². The molecule has 2 heterocycles. The number of aliphatic hydroxyl groups is 1. The van der Waals surface area contributed by atoms with E-state index in [1.165, 1.54) is 11.1 Å². The summed E-state index contributed by atoms with van der Waals surface area (Å²) in [4.78, 5) is 15.7. The predicted octanol–water partition coefficient (Wildman–Crippen LogP) is 5.00. The molecule has 2 aromatic carbocycles. The van der Waals surface area contributed by atoms with E-state index in [1.807, 2.05) is 18.2 Å². The number of amides is 1. The summed E-state index contributed by atoms with van der Waals surface area (Å²) in [7, 11) is -3.82. The number of hydrogen-bond donors (Lipinski definition) is 2. The minimum absolute atomic E-state index is 0.0470. The third-order valence-electron chi connectivity index (χ3n) is 10.4. The second kappa shape index (κ2) is 10.3. The molecule has 41 heavy (non-hydrogen) atoms. The summed E-state index contributed by atoms with van der Waals surface area (Å²) in [6, 6.07) is 11.4. The zero-order chi connectivity index (χ0) is 28.4. The van der Waals surface area contributed by atoms with E-state index in [9.17, 15) is 18.3 Å². The molecule has 218 valence electrons. The summed E-state index contributed by atoms with van der Waals surface area (Å²) < 4.78 is 35.2. The number of hydrogen-bond acceptors (Lipinski definition) is 6. The van der Waals surface area contributed by atoms with Crippen molar-refractivity contribution >= 4 is 33.2 Å². The number of aliphatic hydroxyl groups excluding tert-OH is 1. The first-order valence-electron chi connectivity index (χ1n) is 14.9. The fraction of sp³-hybridized carbons (Fsp3) is 0.531. The van der Waals surface area contributed by atoms with Gasteiger partial charge >= 0.3 is 0 Å². The molecular formula is C32H37ClN2O5S. The van der Waals surface area contributed by atoms with Crippen molar-refractivity contribution in [2.75, 3.05) is 24.6 Å². The lowest BCUT2D eigenvalue weighted by molar-refractivity contribution is 0.0455. The molecule has 0 unspecified atom stereocenters. The second-order valence-electron chi connectivity index (χ2n) is 12.8. The molecule has 0 aromatic heterocycles. The molecule has 7 rings (SSSR count). The van der Waals surface area contributed by atoms with Crippen molar-refractivity contribution in [3.05, 3.63) is 70.3 Å².